The lowest BCUT2D eigenvalue weighted by Crippen LogP contribution is -2.39. The molecule has 168 valence electrons. The molecule has 2 saturated heterocycles. The molecule has 4 nitrogen and oxygen atoms in total. The zero-order valence-electron chi connectivity index (χ0n) is 18.0. The number of halogens is 3. The summed E-state index contributed by atoms with van der Waals surface area (Å²) in [5.41, 5.74) is -2.12. The first-order chi connectivity index (χ1) is 14.7. The van der Waals surface area contributed by atoms with Crippen molar-refractivity contribution in [3.63, 3.8) is 0 Å². The molecule has 0 unspecified atom stereocenters. The molecule has 2 fully saturated rings. The van der Waals surface area contributed by atoms with Gasteiger partial charge in [0, 0.05) is 48.5 Å². The average Bonchev–Trinajstić information content (AvgIpc) is 3.02. The van der Waals surface area contributed by atoms with Crippen LogP contribution in [0.25, 0.3) is 0 Å². The predicted octanol–water partition coefficient (Wildman–Crippen LogP) is 5.74. The van der Waals surface area contributed by atoms with E-state index in [9.17, 15) is 13.2 Å². The zero-order chi connectivity index (χ0) is 22.1. The van der Waals surface area contributed by atoms with Crippen LogP contribution in [0.1, 0.15) is 38.7 Å². The van der Waals surface area contributed by atoms with E-state index in [0.29, 0.717) is 0 Å². The summed E-state index contributed by atoms with van der Waals surface area (Å²) in [4.78, 5) is 11.8. The van der Waals surface area contributed by atoms with Crippen molar-refractivity contribution < 1.29 is 13.2 Å². The summed E-state index contributed by atoms with van der Waals surface area (Å²) in [7, 11) is 0. The molecule has 0 N–H and O–H groups in total. The number of alkyl halides is 3. The maximum Gasteiger partial charge on any atom is 0.446 e. The van der Waals surface area contributed by atoms with Crippen molar-refractivity contribution in [3.05, 3.63) is 48.2 Å². The number of benzene rings is 1. The van der Waals surface area contributed by atoms with Gasteiger partial charge in [-0.2, -0.15) is 13.2 Å². The van der Waals surface area contributed by atoms with E-state index < -0.39 is 5.51 Å². The van der Waals surface area contributed by atoms with Crippen LogP contribution >= 0.6 is 11.8 Å². The maximum atomic E-state index is 12.6. The second-order valence-electron chi connectivity index (χ2n) is 8.96. The number of rotatable bonds is 5. The molecule has 0 atom stereocenters. The SMILES string of the molecule is CC1(C)CN(c2ccc(SC(F)(F)F)cc2)CN1Cc1ccnc(N2CCCCC2)c1. The van der Waals surface area contributed by atoms with Crippen LogP contribution in [0.5, 0.6) is 0 Å². The summed E-state index contributed by atoms with van der Waals surface area (Å²) in [5, 5.41) is 0. The number of hydrogen-bond acceptors (Lipinski definition) is 5. The highest BCUT2D eigenvalue weighted by molar-refractivity contribution is 8.00. The van der Waals surface area contributed by atoms with Crippen molar-refractivity contribution in [1.29, 1.82) is 0 Å². The third-order valence-electron chi connectivity index (χ3n) is 6.07. The maximum absolute atomic E-state index is 12.6. The van der Waals surface area contributed by atoms with Gasteiger partial charge >= 0.3 is 5.51 Å². The normalized spacial score (nSPS) is 19.8. The monoisotopic (exact) mass is 450 g/mol. The minimum Gasteiger partial charge on any atom is -0.357 e. The van der Waals surface area contributed by atoms with E-state index in [1.165, 1.54) is 24.8 Å². The van der Waals surface area contributed by atoms with E-state index in [0.717, 1.165) is 44.4 Å². The number of hydrogen-bond donors (Lipinski definition) is 0. The lowest BCUT2D eigenvalue weighted by molar-refractivity contribution is -0.0328. The molecule has 2 aliphatic heterocycles. The third kappa shape index (κ3) is 5.66. The van der Waals surface area contributed by atoms with Crippen molar-refractivity contribution in [1.82, 2.24) is 9.88 Å². The molecule has 0 saturated carbocycles. The first kappa shape index (κ1) is 22.3. The number of piperidine rings is 1. The van der Waals surface area contributed by atoms with Crippen LogP contribution in [0.3, 0.4) is 0 Å². The zero-order valence-corrected chi connectivity index (χ0v) is 18.8. The minimum atomic E-state index is -4.26. The van der Waals surface area contributed by atoms with E-state index >= 15 is 0 Å². The Morgan fingerprint density at radius 2 is 1.71 bits per heavy atom. The van der Waals surface area contributed by atoms with Crippen LogP contribution in [-0.4, -0.2) is 47.2 Å². The average molecular weight is 451 g/mol. The summed E-state index contributed by atoms with van der Waals surface area (Å²) < 4.78 is 37.8. The quantitative estimate of drug-likeness (QED) is 0.540. The van der Waals surface area contributed by atoms with Crippen LogP contribution in [0.15, 0.2) is 47.5 Å². The lowest BCUT2D eigenvalue weighted by Gasteiger charge is -2.31. The van der Waals surface area contributed by atoms with Crippen molar-refractivity contribution in [2.75, 3.05) is 36.1 Å². The highest BCUT2D eigenvalue weighted by Crippen LogP contribution is 2.38. The van der Waals surface area contributed by atoms with Crippen molar-refractivity contribution in [2.45, 2.75) is 55.6 Å². The minimum absolute atomic E-state index is 0.0477. The second-order valence-corrected chi connectivity index (χ2v) is 10.1. The van der Waals surface area contributed by atoms with Gasteiger partial charge in [0.05, 0.1) is 6.67 Å². The van der Waals surface area contributed by atoms with Crippen LogP contribution in [0, 0.1) is 0 Å². The Bertz CT molecular complexity index is 879. The smallest absolute Gasteiger partial charge is 0.357 e. The number of anilines is 2. The highest BCUT2D eigenvalue weighted by Gasteiger charge is 2.37. The molecule has 31 heavy (non-hydrogen) atoms. The molecule has 0 spiro atoms. The third-order valence-corrected chi connectivity index (χ3v) is 6.81. The van der Waals surface area contributed by atoms with Crippen molar-refractivity contribution >= 4 is 23.3 Å². The molecular weight excluding hydrogens is 421 g/mol. The fraction of sp³-hybridized carbons (Fsp3) is 0.522. The van der Waals surface area contributed by atoms with Crippen molar-refractivity contribution in [2.24, 2.45) is 0 Å². The summed E-state index contributed by atoms with van der Waals surface area (Å²) in [6.07, 6.45) is 5.64. The van der Waals surface area contributed by atoms with Gasteiger partial charge in [0.15, 0.2) is 0 Å². The summed E-state index contributed by atoms with van der Waals surface area (Å²) >= 11 is -0.0718. The van der Waals surface area contributed by atoms with Gasteiger partial charge in [-0.05, 0) is 86.8 Å². The first-order valence-electron chi connectivity index (χ1n) is 10.8. The molecule has 0 aliphatic carbocycles. The number of aromatic nitrogens is 1. The molecule has 8 heteroatoms. The molecule has 1 aromatic heterocycles. The van der Waals surface area contributed by atoms with Gasteiger partial charge in [-0.3, -0.25) is 4.90 Å². The van der Waals surface area contributed by atoms with Gasteiger partial charge in [0.2, 0.25) is 0 Å². The van der Waals surface area contributed by atoms with Gasteiger partial charge in [0.25, 0.3) is 0 Å². The number of nitrogens with zero attached hydrogens (tertiary/aromatic N) is 4. The highest BCUT2D eigenvalue weighted by atomic mass is 32.2. The van der Waals surface area contributed by atoms with E-state index in [1.807, 2.05) is 6.20 Å². The second kappa shape index (κ2) is 8.90. The Morgan fingerprint density at radius 3 is 2.39 bits per heavy atom. The van der Waals surface area contributed by atoms with Crippen LogP contribution < -0.4 is 9.80 Å². The molecule has 0 radical (unpaired) electrons. The van der Waals surface area contributed by atoms with Gasteiger partial charge in [0.1, 0.15) is 5.82 Å². The molecule has 0 amide bonds. The summed E-state index contributed by atoms with van der Waals surface area (Å²) in [5.74, 6) is 1.06. The fourth-order valence-electron chi connectivity index (χ4n) is 4.39. The Balaban J connectivity index is 1.43. The van der Waals surface area contributed by atoms with E-state index in [1.54, 1.807) is 24.3 Å². The van der Waals surface area contributed by atoms with E-state index in [4.69, 9.17) is 0 Å². The predicted molar refractivity (Wildman–Crippen MR) is 120 cm³/mol. The Morgan fingerprint density at radius 1 is 1.00 bits per heavy atom. The van der Waals surface area contributed by atoms with Crippen LogP contribution in [-0.2, 0) is 6.54 Å². The number of thioether (sulfide) groups is 1. The standard InChI is InChI=1S/C23H29F3N4S/c1-22(2)16-29(19-6-8-20(9-7-19)31-23(24,25)26)17-30(22)15-18-10-11-27-21(14-18)28-12-4-3-5-13-28/h6-11,14H,3-5,12-13,15-17H2,1-2H3. The Labute approximate surface area is 186 Å². The molecule has 0 bridgehead atoms. The van der Waals surface area contributed by atoms with Crippen LogP contribution in [0.2, 0.25) is 0 Å². The molecule has 2 aromatic rings. The van der Waals surface area contributed by atoms with Gasteiger partial charge in [-0.25, -0.2) is 4.98 Å². The molecule has 1 aromatic carbocycles. The van der Waals surface area contributed by atoms with E-state index in [-0.39, 0.29) is 22.2 Å². The van der Waals surface area contributed by atoms with Gasteiger partial charge in [-0.15, -0.1) is 0 Å². The van der Waals surface area contributed by atoms with Crippen LogP contribution in [0.4, 0.5) is 24.7 Å². The lowest BCUT2D eigenvalue weighted by atomic mass is 10.0. The Kier molecular flexibility index (Phi) is 6.40. The first-order valence-corrected chi connectivity index (χ1v) is 11.6. The van der Waals surface area contributed by atoms with Gasteiger partial charge < -0.3 is 9.80 Å². The molecular formula is C23H29F3N4S. The fourth-order valence-corrected chi connectivity index (χ4v) is 4.92. The molecule has 2 aliphatic rings. The summed E-state index contributed by atoms with van der Waals surface area (Å²) in [6.45, 7) is 8.95. The molecule has 4 rings (SSSR count). The Hall–Kier alpha value is -1.93. The van der Waals surface area contributed by atoms with E-state index in [2.05, 4.69) is 45.7 Å². The topological polar surface area (TPSA) is 22.6 Å². The number of pyridine rings is 1. The molecule has 3 heterocycles. The summed E-state index contributed by atoms with van der Waals surface area (Å²) in [6, 6.07) is 11.0. The van der Waals surface area contributed by atoms with Gasteiger partial charge in [-0.1, -0.05) is 0 Å². The van der Waals surface area contributed by atoms with Crippen molar-refractivity contribution in [3.8, 4) is 0 Å². The largest absolute Gasteiger partial charge is 0.446 e.